The number of nitrogens with zero attached hydrogens (tertiary/aromatic N) is 1. The summed E-state index contributed by atoms with van der Waals surface area (Å²) in [4.78, 5) is 12.9. The average molecular weight is 280 g/mol. The van der Waals surface area contributed by atoms with Crippen molar-refractivity contribution in [3.8, 4) is 0 Å². The second kappa shape index (κ2) is 5.96. The summed E-state index contributed by atoms with van der Waals surface area (Å²) in [6.45, 7) is 3.18. The third-order valence-electron chi connectivity index (χ3n) is 2.58. The van der Waals surface area contributed by atoms with Gasteiger partial charge in [-0.1, -0.05) is 6.92 Å². The zero-order valence-corrected chi connectivity index (χ0v) is 10.00. The van der Waals surface area contributed by atoms with Crippen LogP contribution in [0.4, 0.5) is 23.2 Å². The molecule has 0 aliphatic carbocycles. The van der Waals surface area contributed by atoms with Crippen LogP contribution in [0.1, 0.15) is 25.0 Å². The first-order valence-electron chi connectivity index (χ1n) is 5.48. The summed E-state index contributed by atoms with van der Waals surface area (Å²) in [5.74, 6) is -2.77. The molecule has 0 spiro atoms. The molecule has 1 unspecified atom stereocenters. The van der Waals surface area contributed by atoms with E-state index in [0.717, 1.165) is 24.3 Å². The maximum Gasteiger partial charge on any atom is 0.430 e. The van der Waals surface area contributed by atoms with Crippen LogP contribution in [-0.2, 0) is 4.79 Å². The number of nitrogens with two attached hydrogens (primary N) is 1. The second-order valence-corrected chi connectivity index (χ2v) is 4.10. The minimum absolute atomic E-state index is 0.237. The van der Waals surface area contributed by atoms with Crippen LogP contribution in [0, 0.1) is 5.82 Å². The number of carbonyl (C=O) groups is 1. The van der Waals surface area contributed by atoms with Crippen molar-refractivity contribution in [3.05, 3.63) is 23.8 Å². The van der Waals surface area contributed by atoms with Crippen molar-refractivity contribution in [3.63, 3.8) is 0 Å². The van der Waals surface area contributed by atoms with E-state index in [2.05, 4.69) is 17.2 Å². The van der Waals surface area contributed by atoms with Gasteiger partial charge in [0, 0.05) is 18.4 Å². The molecule has 19 heavy (non-hydrogen) atoms. The van der Waals surface area contributed by atoms with Crippen molar-refractivity contribution in [2.24, 2.45) is 0 Å². The molecule has 1 atom stereocenters. The van der Waals surface area contributed by atoms with Crippen LogP contribution in [0.15, 0.2) is 12.3 Å². The van der Waals surface area contributed by atoms with E-state index in [1.54, 1.807) is 6.07 Å². The summed E-state index contributed by atoms with van der Waals surface area (Å²) in [5, 5.41) is 10.8. The van der Waals surface area contributed by atoms with Gasteiger partial charge >= 0.3 is 6.18 Å². The molecule has 1 aliphatic heterocycles. The van der Waals surface area contributed by atoms with Gasteiger partial charge in [-0.3, -0.25) is 4.98 Å². The highest BCUT2D eigenvalue weighted by molar-refractivity contribution is 5.70. The van der Waals surface area contributed by atoms with E-state index in [0.29, 0.717) is 5.92 Å². The molecular weight excluding hydrogens is 268 g/mol. The number of aliphatic carboxylic acids is 1. The van der Waals surface area contributed by atoms with E-state index in [1.165, 1.54) is 6.20 Å². The van der Waals surface area contributed by atoms with E-state index in [-0.39, 0.29) is 5.82 Å². The van der Waals surface area contributed by atoms with Gasteiger partial charge in [0.15, 0.2) is 5.69 Å². The number of aromatic nitrogens is 1. The molecule has 2 N–H and O–H groups in total. The molecule has 0 saturated carbocycles. The number of carboxylic acids is 1. The molecule has 4 nitrogen and oxygen atoms in total. The molecule has 0 aromatic carbocycles. The van der Waals surface area contributed by atoms with Crippen molar-refractivity contribution in [2.45, 2.75) is 25.4 Å². The number of carboxylic acid groups (broad SMARTS) is 1. The van der Waals surface area contributed by atoms with Gasteiger partial charge in [-0.05, 0) is 0 Å². The molecular formula is C11H12F4N2O2. The van der Waals surface area contributed by atoms with E-state index in [1.807, 2.05) is 0 Å². The van der Waals surface area contributed by atoms with Crippen molar-refractivity contribution in [2.75, 3.05) is 6.54 Å². The van der Waals surface area contributed by atoms with Gasteiger partial charge in [-0.2, -0.15) is 13.2 Å². The summed E-state index contributed by atoms with van der Waals surface area (Å²) < 4.78 is 44.3. The molecule has 0 bridgehead atoms. The van der Waals surface area contributed by atoms with Crippen LogP contribution in [0.25, 0.3) is 0 Å². The quantitative estimate of drug-likeness (QED) is 0.691. The normalized spacial score (nSPS) is 18.1. The first-order valence-corrected chi connectivity index (χ1v) is 5.48. The van der Waals surface area contributed by atoms with Crippen molar-refractivity contribution in [1.29, 1.82) is 0 Å². The van der Waals surface area contributed by atoms with Crippen molar-refractivity contribution < 1.29 is 32.8 Å². The Bertz CT molecular complexity index is 462. The summed E-state index contributed by atoms with van der Waals surface area (Å²) >= 11 is 0. The number of alkyl halides is 3. The molecule has 0 saturated heterocycles. The molecule has 0 radical (unpaired) electrons. The van der Waals surface area contributed by atoms with Crippen LogP contribution in [0.3, 0.4) is 0 Å². The van der Waals surface area contributed by atoms with Gasteiger partial charge in [0.2, 0.25) is 0 Å². The van der Waals surface area contributed by atoms with Gasteiger partial charge in [0.1, 0.15) is 17.5 Å². The van der Waals surface area contributed by atoms with Gasteiger partial charge in [0.05, 0.1) is 12.7 Å². The Labute approximate surface area is 106 Å². The highest BCUT2D eigenvalue weighted by Gasteiger charge is 2.28. The first-order chi connectivity index (χ1) is 8.71. The van der Waals surface area contributed by atoms with E-state index < -0.39 is 12.1 Å². The summed E-state index contributed by atoms with van der Waals surface area (Å²) in [5.41, 5.74) is 2.02. The molecule has 2 rings (SSSR count). The van der Waals surface area contributed by atoms with Gasteiger partial charge in [0.25, 0.3) is 0 Å². The van der Waals surface area contributed by atoms with Gasteiger partial charge in [-0.25, -0.2) is 4.39 Å². The highest BCUT2D eigenvalue weighted by Crippen LogP contribution is 2.24. The Morgan fingerprint density at radius 1 is 1.53 bits per heavy atom. The Morgan fingerprint density at radius 3 is 2.63 bits per heavy atom. The topological polar surface area (TPSA) is 69.6 Å². The number of pyridine rings is 1. The first kappa shape index (κ1) is 15.4. The molecule has 1 aromatic heterocycles. The number of hydrogen-bond acceptors (Lipinski definition) is 3. The number of rotatable bonds is 0. The lowest BCUT2D eigenvalue weighted by atomic mass is 9.98. The zero-order valence-electron chi connectivity index (χ0n) is 10.00. The highest BCUT2D eigenvalue weighted by atomic mass is 19.4. The molecule has 2 heterocycles. The fourth-order valence-electron chi connectivity index (χ4n) is 1.67. The van der Waals surface area contributed by atoms with E-state index in [4.69, 9.17) is 9.90 Å². The standard InChI is InChI=1S/C9H11FN2.C2HF3O2/c1-6-2-3-11-8-4-7(10)5-12-9(6)8;3-2(4,5)1(6)7/h4-6,11H,2-3H2,1H3;(H,6,7). The smallest absolute Gasteiger partial charge is 0.430 e. The predicted octanol–water partition coefficient (Wildman–Crippen LogP) is 0.221. The summed E-state index contributed by atoms with van der Waals surface area (Å²) in [7, 11) is 0. The van der Waals surface area contributed by atoms with Crippen LogP contribution >= 0.6 is 0 Å². The molecule has 106 valence electrons. The van der Waals surface area contributed by atoms with Crippen LogP contribution in [-0.4, -0.2) is 23.7 Å². The van der Waals surface area contributed by atoms with Gasteiger partial charge < -0.3 is 15.2 Å². The number of quaternary nitrogens is 1. The SMILES string of the molecule is CC1CC[NH2+]c2cc(F)cnc21.O=C([O-])C(F)(F)F. The molecule has 8 heteroatoms. The largest absolute Gasteiger partial charge is 0.542 e. The Balaban J connectivity index is 0.000000224. The fourth-order valence-corrected chi connectivity index (χ4v) is 1.67. The molecule has 1 aliphatic rings. The summed E-state index contributed by atoms with van der Waals surface area (Å²) in [6.07, 6.45) is -2.76. The minimum Gasteiger partial charge on any atom is -0.542 e. The predicted molar refractivity (Wildman–Crippen MR) is 54.7 cm³/mol. The third kappa shape index (κ3) is 4.47. The Hall–Kier alpha value is -1.70. The average Bonchev–Trinajstić information content (AvgIpc) is 2.28. The Morgan fingerprint density at radius 2 is 2.11 bits per heavy atom. The van der Waals surface area contributed by atoms with Gasteiger partial charge in [-0.15, -0.1) is 0 Å². The zero-order chi connectivity index (χ0) is 14.6. The fraction of sp³-hybridized carbons (Fsp3) is 0.455. The second-order valence-electron chi connectivity index (χ2n) is 4.10. The monoisotopic (exact) mass is 280 g/mol. The number of hydrogen-bond donors (Lipinski definition) is 1. The van der Waals surface area contributed by atoms with Crippen LogP contribution in [0.5, 0.6) is 0 Å². The van der Waals surface area contributed by atoms with Crippen LogP contribution in [0.2, 0.25) is 0 Å². The summed E-state index contributed by atoms with van der Waals surface area (Å²) in [6, 6.07) is 1.57. The Kier molecular flexibility index (Phi) is 4.82. The van der Waals surface area contributed by atoms with Crippen molar-refractivity contribution >= 4 is 11.7 Å². The van der Waals surface area contributed by atoms with Crippen LogP contribution < -0.4 is 10.4 Å². The van der Waals surface area contributed by atoms with E-state index in [9.17, 15) is 17.6 Å². The maximum absolute atomic E-state index is 12.7. The lowest BCUT2D eigenvalue weighted by Gasteiger charge is -2.17. The third-order valence-corrected chi connectivity index (χ3v) is 2.58. The van der Waals surface area contributed by atoms with E-state index >= 15 is 0 Å². The number of fused-ring (bicyclic) bond motifs is 1. The maximum atomic E-state index is 12.7. The molecule has 1 aromatic rings. The molecule has 0 amide bonds. The van der Waals surface area contributed by atoms with Crippen molar-refractivity contribution in [1.82, 2.24) is 4.98 Å². The molecule has 0 fully saturated rings. The lowest BCUT2D eigenvalue weighted by Crippen LogP contribution is -2.80. The minimum atomic E-state index is -5.19. The number of carbonyl (C=O) groups excluding carboxylic acids is 1. The lowest BCUT2D eigenvalue weighted by molar-refractivity contribution is -0.577. The number of halogens is 4.